The molecule has 6 rings (SSSR count). The van der Waals surface area contributed by atoms with E-state index < -0.39 is 6.10 Å². The molecule has 4 heterocycles. The Morgan fingerprint density at radius 2 is 1.97 bits per heavy atom. The molecule has 0 spiro atoms. The Morgan fingerprint density at radius 3 is 2.76 bits per heavy atom. The quantitative estimate of drug-likeness (QED) is 0.404. The van der Waals surface area contributed by atoms with E-state index in [1.54, 1.807) is 11.8 Å². The first-order valence-corrected chi connectivity index (χ1v) is 12.7. The zero-order valence-electron chi connectivity index (χ0n) is 21.0. The van der Waals surface area contributed by atoms with Crippen LogP contribution in [0.3, 0.4) is 0 Å². The second-order valence-electron chi connectivity index (χ2n) is 10.0. The average molecular weight is 503 g/mol. The Labute approximate surface area is 214 Å². The lowest BCUT2D eigenvalue weighted by atomic mass is 9.88. The maximum atomic E-state index is 12.2. The molecular formula is C28H30N4O5. The van der Waals surface area contributed by atoms with Crippen molar-refractivity contribution in [2.24, 2.45) is 0 Å². The van der Waals surface area contributed by atoms with E-state index in [1.165, 1.54) is 5.56 Å². The van der Waals surface area contributed by atoms with Crippen molar-refractivity contribution in [3.05, 3.63) is 65.0 Å². The number of hydrogen-bond donors (Lipinski definition) is 1. The van der Waals surface area contributed by atoms with E-state index in [0.717, 1.165) is 42.4 Å². The second kappa shape index (κ2) is 9.64. The van der Waals surface area contributed by atoms with Crippen LogP contribution in [0.2, 0.25) is 0 Å². The molecule has 9 nitrogen and oxygen atoms in total. The highest BCUT2D eigenvalue weighted by Crippen LogP contribution is 2.34. The molecule has 2 aliphatic rings. The monoisotopic (exact) mass is 502 g/mol. The van der Waals surface area contributed by atoms with Gasteiger partial charge >= 0.3 is 0 Å². The summed E-state index contributed by atoms with van der Waals surface area (Å²) in [6.07, 6.45) is 1.45. The number of fused-ring (bicyclic) bond motifs is 2. The normalized spacial score (nSPS) is 17.5. The van der Waals surface area contributed by atoms with E-state index in [0.29, 0.717) is 47.9 Å². The van der Waals surface area contributed by atoms with Crippen LogP contribution in [0.1, 0.15) is 46.1 Å². The van der Waals surface area contributed by atoms with Gasteiger partial charge in [-0.15, -0.1) is 10.2 Å². The summed E-state index contributed by atoms with van der Waals surface area (Å²) in [4.78, 5) is 16.2. The van der Waals surface area contributed by atoms with Crippen LogP contribution in [0.5, 0.6) is 5.75 Å². The number of ether oxygens (including phenoxy) is 1. The summed E-state index contributed by atoms with van der Waals surface area (Å²) in [5.41, 5.74) is 3.93. The lowest BCUT2D eigenvalue weighted by molar-refractivity contribution is 0.0599. The van der Waals surface area contributed by atoms with Crippen LogP contribution in [0.4, 0.5) is 0 Å². The Hall–Kier alpha value is -3.69. The van der Waals surface area contributed by atoms with Crippen molar-refractivity contribution in [3.8, 4) is 17.4 Å². The highest BCUT2D eigenvalue weighted by molar-refractivity contribution is 5.98. The number of β-amino-alcohol motifs (C(OH)–C–C–N with tert-alkyl or cyclic N) is 1. The number of amides is 1. The van der Waals surface area contributed by atoms with Gasteiger partial charge in [-0.2, -0.15) is 0 Å². The summed E-state index contributed by atoms with van der Waals surface area (Å²) in [7, 11) is 1.85. The molecule has 1 saturated heterocycles. The maximum absolute atomic E-state index is 12.2. The van der Waals surface area contributed by atoms with E-state index in [9.17, 15) is 9.90 Å². The molecule has 2 aromatic carbocycles. The van der Waals surface area contributed by atoms with Crippen molar-refractivity contribution in [2.45, 2.75) is 38.3 Å². The lowest BCUT2D eigenvalue weighted by Gasteiger charge is -2.33. The number of carbonyl (C=O) groups is 1. The van der Waals surface area contributed by atoms with Gasteiger partial charge in [0.1, 0.15) is 24.0 Å². The molecule has 0 radical (unpaired) electrons. The van der Waals surface area contributed by atoms with Gasteiger partial charge in [0.25, 0.3) is 11.8 Å². The molecule has 0 saturated carbocycles. The van der Waals surface area contributed by atoms with E-state index in [1.807, 2.05) is 37.4 Å². The van der Waals surface area contributed by atoms with Gasteiger partial charge in [0.05, 0.1) is 5.39 Å². The van der Waals surface area contributed by atoms with Gasteiger partial charge < -0.3 is 28.5 Å². The summed E-state index contributed by atoms with van der Waals surface area (Å²) in [6, 6.07) is 13.7. The molecule has 0 aliphatic carbocycles. The SMILES string of the molecule is Cc1nnc(-c2cc3c(OC[C@@H](O)CN4CCC(c5ccc6c(c5)CN(C)C6=O)CC4)cccc3o2)o1. The Balaban J connectivity index is 1.03. The van der Waals surface area contributed by atoms with Crippen LogP contribution in [-0.2, 0) is 6.54 Å². The summed E-state index contributed by atoms with van der Waals surface area (Å²) < 4.78 is 17.3. The zero-order chi connectivity index (χ0) is 25.5. The molecule has 2 aromatic heterocycles. The van der Waals surface area contributed by atoms with Crippen molar-refractivity contribution >= 4 is 16.9 Å². The van der Waals surface area contributed by atoms with Crippen molar-refractivity contribution < 1.29 is 23.5 Å². The van der Waals surface area contributed by atoms with Crippen LogP contribution in [0.15, 0.2) is 51.3 Å². The van der Waals surface area contributed by atoms with Gasteiger partial charge in [0.15, 0.2) is 5.76 Å². The smallest absolute Gasteiger partial charge is 0.283 e. The first-order chi connectivity index (χ1) is 17.9. The molecule has 1 fully saturated rings. The number of rotatable bonds is 7. The number of piperidine rings is 1. The first kappa shape index (κ1) is 23.7. The molecule has 1 N–H and O–H groups in total. The number of furan rings is 1. The van der Waals surface area contributed by atoms with Gasteiger partial charge in [0, 0.05) is 38.7 Å². The minimum Gasteiger partial charge on any atom is -0.490 e. The Morgan fingerprint density at radius 1 is 1.14 bits per heavy atom. The van der Waals surface area contributed by atoms with Crippen LogP contribution >= 0.6 is 0 Å². The van der Waals surface area contributed by atoms with Gasteiger partial charge in [0.2, 0.25) is 5.89 Å². The molecular weight excluding hydrogens is 472 g/mol. The third kappa shape index (κ3) is 4.72. The standard InChI is InChI=1S/C28H30N4O5/c1-17-29-30-27(36-17)26-13-23-24(4-3-5-25(23)37-26)35-16-21(33)15-32-10-8-18(9-11-32)19-6-7-22-20(12-19)14-31(2)28(22)34/h3-7,12-13,18,21,33H,8-11,14-16H2,1-2H3/t21-/m0/s1. The van der Waals surface area contributed by atoms with Crippen molar-refractivity contribution in [2.75, 3.05) is 33.3 Å². The van der Waals surface area contributed by atoms with E-state index in [-0.39, 0.29) is 12.5 Å². The van der Waals surface area contributed by atoms with E-state index >= 15 is 0 Å². The van der Waals surface area contributed by atoms with Gasteiger partial charge in [-0.3, -0.25) is 4.79 Å². The fourth-order valence-corrected chi connectivity index (χ4v) is 5.39. The molecule has 2 aliphatic heterocycles. The number of likely N-dealkylation sites (tertiary alicyclic amines) is 1. The number of aliphatic hydroxyl groups is 1. The Bertz CT molecular complexity index is 1440. The van der Waals surface area contributed by atoms with Crippen LogP contribution in [-0.4, -0.2) is 70.4 Å². The number of benzene rings is 2. The lowest BCUT2D eigenvalue weighted by Crippen LogP contribution is -2.40. The number of aliphatic hydroxyl groups excluding tert-OH is 1. The third-order valence-electron chi connectivity index (χ3n) is 7.33. The summed E-state index contributed by atoms with van der Waals surface area (Å²) in [5.74, 6) is 2.50. The fourth-order valence-electron chi connectivity index (χ4n) is 5.39. The highest BCUT2D eigenvalue weighted by atomic mass is 16.5. The van der Waals surface area contributed by atoms with Gasteiger partial charge in [-0.25, -0.2) is 0 Å². The summed E-state index contributed by atoms with van der Waals surface area (Å²) in [5, 5.41) is 19.4. The molecule has 4 aromatic rings. The molecule has 9 heteroatoms. The second-order valence-corrected chi connectivity index (χ2v) is 10.0. The van der Waals surface area contributed by atoms with Crippen LogP contribution in [0, 0.1) is 6.92 Å². The van der Waals surface area contributed by atoms with Crippen molar-refractivity contribution in [1.82, 2.24) is 20.0 Å². The van der Waals surface area contributed by atoms with Crippen LogP contribution < -0.4 is 4.74 Å². The van der Waals surface area contributed by atoms with Crippen molar-refractivity contribution in [1.29, 1.82) is 0 Å². The van der Waals surface area contributed by atoms with E-state index in [2.05, 4.69) is 27.2 Å². The first-order valence-electron chi connectivity index (χ1n) is 12.7. The third-order valence-corrected chi connectivity index (χ3v) is 7.33. The number of hydrogen-bond acceptors (Lipinski definition) is 8. The minimum atomic E-state index is -0.613. The predicted molar refractivity (Wildman–Crippen MR) is 136 cm³/mol. The Kier molecular flexibility index (Phi) is 6.18. The van der Waals surface area contributed by atoms with Crippen molar-refractivity contribution in [3.63, 3.8) is 0 Å². The number of nitrogens with zero attached hydrogens (tertiary/aromatic N) is 4. The van der Waals surface area contributed by atoms with Crippen LogP contribution in [0.25, 0.3) is 22.6 Å². The molecule has 192 valence electrons. The average Bonchev–Trinajstić information content (AvgIpc) is 3.60. The number of aromatic nitrogens is 2. The molecule has 1 atom stereocenters. The molecule has 0 unspecified atom stereocenters. The topological polar surface area (TPSA) is 105 Å². The summed E-state index contributed by atoms with van der Waals surface area (Å²) in [6.45, 7) is 5.00. The number of aryl methyl sites for hydroxylation is 1. The predicted octanol–water partition coefficient (Wildman–Crippen LogP) is 4.00. The zero-order valence-corrected chi connectivity index (χ0v) is 21.0. The minimum absolute atomic E-state index is 0.110. The molecule has 37 heavy (non-hydrogen) atoms. The molecule has 1 amide bonds. The van der Waals surface area contributed by atoms with Gasteiger partial charge in [-0.1, -0.05) is 18.2 Å². The number of carbonyl (C=O) groups excluding carboxylic acids is 1. The highest BCUT2D eigenvalue weighted by Gasteiger charge is 2.27. The fraction of sp³-hybridized carbons (Fsp3) is 0.393. The molecule has 0 bridgehead atoms. The largest absolute Gasteiger partial charge is 0.490 e. The maximum Gasteiger partial charge on any atom is 0.283 e. The van der Waals surface area contributed by atoms with Gasteiger partial charge in [-0.05, 0) is 61.2 Å². The van der Waals surface area contributed by atoms with E-state index in [4.69, 9.17) is 13.6 Å². The summed E-state index contributed by atoms with van der Waals surface area (Å²) >= 11 is 0.